The van der Waals surface area contributed by atoms with E-state index in [2.05, 4.69) is 11.9 Å². The summed E-state index contributed by atoms with van der Waals surface area (Å²) in [5.74, 6) is 0.453. The van der Waals surface area contributed by atoms with Gasteiger partial charge in [-0.2, -0.15) is 0 Å². The molecule has 106 valence electrons. The third-order valence-electron chi connectivity index (χ3n) is 3.02. The highest BCUT2D eigenvalue weighted by Gasteiger charge is 2.20. The molecule has 0 unspecified atom stereocenters. The molecule has 1 aromatic rings. The fraction of sp³-hybridized carbons (Fsp3) is 0.333. The zero-order chi connectivity index (χ0) is 14.4. The highest BCUT2D eigenvalue weighted by Crippen LogP contribution is 2.14. The summed E-state index contributed by atoms with van der Waals surface area (Å²) in [6.07, 6.45) is 2.44. The molecule has 1 aliphatic heterocycles. The van der Waals surface area contributed by atoms with Gasteiger partial charge in [0.15, 0.2) is 0 Å². The van der Waals surface area contributed by atoms with Crippen LogP contribution in [-0.4, -0.2) is 43.0 Å². The fourth-order valence-corrected chi connectivity index (χ4v) is 2.01. The molecule has 0 aromatic heterocycles. The highest BCUT2D eigenvalue weighted by atomic mass is 16.5. The maximum absolute atomic E-state index is 12.3. The number of amides is 2. The van der Waals surface area contributed by atoms with Gasteiger partial charge in [-0.3, -0.25) is 9.59 Å². The Labute approximate surface area is 118 Å². The SMILES string of the molecule is C=CCOc1ccc(C(=O)N2CCCNC(=O)C2)cc1. The van der Waals surface area contributed by atoms with Crippen molar-refractivity contribution in [3.63, 3.8) is 0 Å². The molecule has 0 bridgehead atoms. The first-order valence-electron chi connectivity index (χ1n) is 6.60. The molecule has 20 heavy (non-hydrogen) atoms. The number of ether oxygens (including phenoxy) is 1. The highest BCUT2D eigenvalue weighted by molar-refractivity contribution is 5.96. The number of hydrogen-bond donors (Lipinski definition) is 1. The van der Waals surface area contributed by atoms with Crippen LogP contribution in [0.3, 0.4) is 0 Å². The van der Waals surface area contributed by atoms with Gasteiger partial charge in [0.2, 0.25) is 5.91 Å². The van der Waals surface area contributed by atoms with Gasteiger partial charge in [-0.15, -0.1) is 0 Å². The van der Waals surface area contributed by atoms with E-state index in [1.54, 1.807) is 35.2 Å². The van der Waals surface area contributed by atoms with E-state index in [0.717, 1.165) is 6.42 Å². The van der Waals surface area contributed by atoms with Crippen LogP contribution in [0.5, 0.6) is 5.75 Å². The summed E-state index contributed by atoms with van der Waals surface area (Å²) in [7, 11) is 0. The minimum absolute atomic E-state index is 0.109. The number of nitrogens with zero attached hydrogens (tertiary/aromatic N) is 1. The molecule has 0 aliphatic carbocycles. The van der Waals surface area contributed by atoms with Crippen molar-refractivity contribution in [2.75, 3.05) is 26.2 Å². The number of hydrogen-bond acceptors (Lipinski definition) is 3. The van der Waals surface area contributed by atoms with Gasteiger partial charge in [0.1, 0.15) is 12.4 Å². The maximum Gasteiger partial charge on any atom is 0.254 e. The van der Waals surface area contributed by atoms with Crippen LogP contribution >= 0.6 is 0 Å². The summed E-state index contributed by atoms with van der Waals surface area (Å²) in [6, 6.07) is 6.91. The summed E-state index contributed by atoms with van der Waals surface area (Å²) in [6.45, 7) is 5.34. The summed E-state index contributed by atoms with van der Waals surface area (Å²) in [4.78, 5) is 25.4. The van der Waals surface area contributed by atoms with Crippen molar-refractivity contribution in [3.8, 4) is 5.75 Å². The van der Waals surface area contributed by atoms with Crippen LogP contribution in [0.4, 0.5) is 0 Å². The minimum atomic E-state index is -0.127. The van der Waals surface area contributed by atoms with E-state index in [-0.39, 0.29) is 18.4 Å². The topological polar surface area (TPSA) is 58.6 Å². The first-order chi connectivity index (χ1) is 9.70. The first-order valence-corrected chi connectivity index (χ1v) is 6.60. The Morgan fingerprint density at radius 3 is 2.85 bits per heavy atom. The van der Waals surface area contributed by atoms with Gasteiger partial charge in [0, 0.05) is 18.7 Å². The number of carbonyl (C=O) groups is 2. The summed E-state index contributed by atoms with van der Waals surface area (Å²) in [5.41, 5.74) is 0.561. The Morgan fingerprint density at radius 1 is 1.40 bits per heavy atom. The van der Waals surface area contributed by atoms with Gasteiger partial charge in [-0.1, -0.05) is 12.7 Å². The van der Waals surface area contributed by atoms with Gasteiger partial charge in [0.05, 0.1) is 6.54 Å². The second kappa shape index (κ2) is 6.75. The molecule has 5 heteroatoms. The third kappa shape index (κ3) is 3.60. The summed E-state index contributed by atoms with van der Waals surface area (Å²) in [5, 5.41) is 2.75. The molecule has 0 saturated carbocycles. The molecule has 2 amide bonds. The molecule has 1 aliphatic rings. The van der Waals surface area contributed by atoms with E-state index in [9.17, 15) is 9.59 Å². The van der Waals surface area contributed by atoms with Gasteiger partial charge in [-0.25, -0.2) is 0 Å². The molecule has 2 rings (SSSR count). The van der Waals surface area contributed by atoms with Crippen LogP contribution < -0.4 is 10.1 Å². The molecule has 1 saturated heterocycles. The van der Waals surface area contributed by atoms with Gasteiger partial charge < -0.3 is 15.0 Å². The van der Waals surface area contributed by atoms with Crippen molar-refractivity contribution < 1.29 is 14.3 Å². The Bertz CT molecular complexity index is 496. The van der Waals surface area contributed by atoms with Crippen LogP contribution in [0.15, 0.2) is 36.9 Å². The van der Waals surface area contributed by atoms with Crippen LogP contribution in [0, 0.1) is 0 Å². The predicted octanol–water partition coefficient (Wildman–Crippen LogP) is 1.21. The average molecular weight is 274 g/mol. The maximum atomic E-state index is 12.3. The van der Waals surface area contributed by atoms with E-state index in [1.807, 2.05) is 0 Å². The standard InChI is InChI=1S/C15H18N2O3/c1-2-10-20-13-6-4-12(5-7-13)15(19)17-9-3-8-16-14(18)11-17/h2,4-7H,1,3,8-11H2,(H,16,18). The second-order valence-corrected chi connectivity index (χ2v) is 4.55. The van der Waals surface area contributed by atoms with Crippen molar-refractivity contribution in [3.05, 3.63) is 42.5 Å². The zero-order valence-electron chi connectivity index (χ0n) is 11.3. The van der Waals surface area contributed by atoms with E-state index < -0.39 is 0 Å². The zero-order valence-corrected chi connectivity index (χ0v) is 11.3. The lowest BCUT2D eigenvalue weighted by Gasteiger charge is -2.19. The van der Waals surface area contributed by atoms with Crippen molar-refractivity contribution in [1.82, 2.24) is 10.2 Å². The molecule has 0 radical (unpaired) electrons. The number of rotatable bonds is 4. The first kappa shape index (κ1) is 14.1. The monoisotopic (exact) mass is 274 g/mol. The van der Waals surface area contributed by atoms with Crippen LogP contribution in [0.25, 0.3) is 0 Å². The largest absolute Gasteiger partial charge is 0.490 e. The lowest BCUT2D eigenvalue weighted by molar-refractivity contribution is -0.121. The van der Waals surface area contributed by atoms with Crippen molar-refractivity contribution in [1.29, 1.82) is 0 Å². The van der Waals surface area contributed by atoms with Gasteiger partial charge in [0.25, 0.3) is 5.91 Å². The van der Waals surface area contributed by atoms with E-state index >= 15 is 0 Å². The summed E-state index contributed by atoms with van der Waals surface area (Å²) < 4.78 is 5.37. The molecular formula is C15H18N2O3. The molecule has 5 nitrogen and oxygen atoms in total. The Kier molecular flexibility index (Phi) is 4.76. The molecule has 1 aromatic carbocycles. The molecule has 0 spiro atoms. The Morgan fingerprint density at radius 2 is 2.15 bits per heavy atom. The molecule has 1 fully saturated rings. The van der Waals surface area contributed by atoms with Crippen molar-refractivity contribution in [2.24, 2.45) is 0 Å². The third-order valence-corrected chi connectivity index (χ3v) is 3.02. The number of benzene rings is 1. The smallest absolute Gasteiger partial charge is 0.254 e. The lowest BCUT2D eigenvalue weighted by Crippen LogP contribution is -2.37. The molecule has 0 atom stereocenters. The van der Waals surface area contributed by atoms with Crippen molar-refractivity contribution in [2.45, 2.75) is 6.42 Å². The van der Waals surface area contributed by atoms with Crippen LogP contribution in [0.2, 0.25) is 0 Å². The Balaban J connectivity index is 2.04. The van der Waals surface area contributed by atoms with Crippen molar-refractivity contribution >= 4 is 11.8 Å². The fourth-order valence-electron chi connectivity index (χ4n) is 2.01. The molecule has 1 heterocycles. The van der Waals surface area contributed by atoms with E-state index in [0.29, 0.717) is 31.0 Å². The predicted molar refractivity (Wildman–Crippen MR) is 75.7 cm³/mol. The van der Waals surface area contributed by atoms with E-state index in [4.69, 9.17) is 4.74 Å². The lowest BCUT2D eigenvalue weighted by atomic mass is 10.2. The van der Waals surface area contributed by atoms with Gasteiger partial charge in [-0.05, 0) is 30.7 Å². The minimum Gasteiger partial charge on any atom is -0.490 e. The number of carbonyl (C=O) groups excluding carboxylic acids is 2. The molecule has 1 N–H and O–H groups in total. The van der Waals surface area contributed by atoms with Crippen LogP contribution in [-0.2, 0) is 4.79 Å². The average Bonchev–Trinajstić information content (AvgIpc) is 2.69. The second-order valence-electron chi connectivity index (χ2n) is 4.55. The van der Waals surface area contributed by atoms with E-state index in [1.165, 1.54) is 0 Å². The normalized spacial score (nSPS) is 15.2. The quantitative estimate of drug-likeness (QED) is 0.840. The molecular weight excluding hydrogens is 256 g/mol. The number of nitrogens with one attached hydrogen (secondary N) is 1. The van der Waals surface area contributed by atoms with Gasteiger partial charge >= 0.3 is 0 Å². The van der Waals surface area contributed by atoms with Crippen LogP contribution in [0.1, 0.15) is 16.8 Å². The Hall–Kier alpha value is -2.30. The summed E-state index contributed by atoms with van der Waals surface area (Å²) >= 11 is 0.